The van der Waals surface area contributed by atoms with Gasteiger partial charge in [0.1, 0.15) is 0 Å². The summed E-state index contributed by atoms with van der Waals surface area (Å²) >= 11 is 0. The Morgan fingerprint density at radius 2 is 2.00 bits per heavy atom. The Morgan fingerprint density at radius 1 is 1.25 bits per heavy atom. The maximum absolute atomic E-state index is 3.46. The summed E-state index contributed by atoms with van der Waals surface area (Å²) < 4.78 is 0. The lowest BCUT2D eigenvalue weighted by atomic mass is 10.2. The van der Waals surface area contributed by atoms with Crippen molar-refractivity contribution in [3.05, 3.63) is 24.3 Å². The molecule has 0 radical (unpaired) electrons. The molecule has 64 valence electrons. The van der Waals surface area contributed by atoms with E-state index in [4.69, 9.17) is 0 Å². The van der Waals surface area contributed by atoms with E-state index in [0.717, 1.165) is 6.54 Å². The first kappa shape index (κ1) is 7.47. The van der Waals surface area contributed by atoms with E-state index in [9.17, 15) is 0 Å². The summed E-state index contributed by atoms with van der Waals surface area (Å²) in [7, 11) is 0. The second-order valence-electron chi connectivity index (χ2n) is 3.31. The fourth-order valence-electron chi connectivity index (χ4n) is 1.52. The molecule has 1 aromatic carbocycles. The smallest absolute Gasteiger partial charge is 0.0578 e. The van der Waals surface area contributed by atoms with Gasteiger partial charge in [-0.3, -0.25) is 0 Å². The normalized spacial score (nSPS) is 21.6. The van der Waals surface area contributed by atoms with Gasteiger partial charge < -0.3 is 10.6 Å². The molecule has 2 N–H and O–H groups in total. The first-order chi connectivity index (χ1) is 5.86. The van der Waals surface area contributed by atoms with Crippen LogP contribution in [0.4, 0.5) is 11.4 Å². The summed E-state index contributed by atoms with van der Waals surface area (Å²) in [5.74, 6) is 0. The standard InChI is InChI=1S/C10H14N2/c1-8-6-7-11-9-4-2-3-5-10(9)12-8/h2-5,8,11-12H,6-7H2,1H3. The summed E-state index contributed by atoms with van der Waals surface area (Å²) in [5, 5.41) is 6.85. The van der Waals surface area contributed by atoms with E-state index < -0.39 is 0 Å². The van der Waals surface area contributed by atoms with Crippen molar-refractivity contribution in [2.24, 2.45) is 0 Å². The number of nitrogens with one attached hydrogen (secondary N) is 2. The second kappa shape index (κ2) is 3.05. The monoisotopic (exact) mass is 162 g/mol. The highest BCUT2D eigenvalue weighted by Crippen LogP contribution is 2.24. The summed E-state index contributed by atoms with van der Waals surface area (Å²) in [5.41, 5.74) is 2.45. The molecule has 12 heavy (non-hydrogen) atoms. The number of hydrogen-bond acceptors (Lipinski definition) is 2. The van der Waals surface area contributed by atoms with Crippen molar-refractivity contribution >= 4 is 11.4 Å². The van der Waals surface area contributed by atoms with Crippen LogP contribution in [-0.4, -0.2) is 12.6 Å². The number of fused-ring (bicyclic) bond motifs is 1. The molecule has 0 aromatic heterocycles. The van der Waals surface area contributed by atoms with Gasteiger partial charge in [-0.25, -0.2) is 0 Å². The van der Waals surface area contributed by atoms with Crippen LogP contribution >= 0.6 is 0 Å². The van der Waals surface area contributed by atoms with Crippen LogP contribution in [0.5, 0.6) is 0 Å². The quantitative estimate of drug-likeness (QED) is 0.611. The van der Waals surface area contributed by atoms with Gasteiger partial charge in [-0.2, -0.15) is 0 Å². The maximum Gasteiger partial charge on any atom is 0.0578 e. The lowest BCUT2D eigenvalue weighted by Crippen LogP contribution is -2.14. The van der Waals surface area contributed by atoms with E-state index in [1.54, 1.807) is 0 Å². The molecule has 0 aliphatic carbocycles. The molecule has 1 atom stereocenters. The van der Waals surface area contributed by atoms with E-state index in [0.29, 0.717) is 6.04 Å². The molecular formula is C10H14N2. The van der Waals surface area contributed by atoms with Gasteiger partial charge >= 0.3 is 0 Å². The summed E-state index contributed by atoms with van der Waals surface area (Å²) in [6.45, 7) is 3.27. The molecule has 0 bridgehead atoms. The fourth-order valence-corrected chi connectivity index (χ4v) is 1.52. The molecule has 0 amide bonds. The van der Waals surface area contributed by atoms with Gasteiger partial charge in [0.25, 0.3) is 0 Å². The van der Waals surface area contributed by atoms with Crippen molar-refractivity contribution in [1.29, 1.82) is 0 Å². The van der Waals surface area contributed by atoms with Gasteiger partial charge in [-0.15, -0.1) is 0 Å². The first-order valence-corrected chi connectivity index (χ1v) is 4.46. The van der Waals surface area contributed by atoms with Gasteiger partial charge in [0.15, 0.2) is 0 Å². The number of anilines is 2. The Hall–Kier alpha value is -1.18. The van der Waals surface area contributed by atoms with E-state index in [1.807, 2.05) is 0 Å². The maximum atomic E-state index is 3.46. The van der Waals surface area contributed by atoms with Gasteiger partial charge in [0.05, 0.1) is 11.4 Å². The van der Waals surface area contributed by atoms with Gasteiger partial charge in [0.2, 0.25) is 0 Å². The molecule has 1 heterocycles. The zero-order valence-corrected chi connectivity index (χ0v) is 7.30. The van der Waals surface area contributed by atoms with Crippen molar-refractivity contribution in [3.8, 4) is 0 Å². The molecule has 2 heteroatoms. The van der Waals surface area contributed by atoms with Crippen LogP contribution < -0.4 is 10.6 Å². The predicted octanol–water partition coefficient (Wildman–Crippen LogP) is 2.30. The highest BCUT2D eigenvalue weighted by atomic mass is 15.0. The molecule has 0 fully saturated rings. The third-order valence-electron chi connectivity index (χ3n) is 2.22. The Labute approximate surface area is 73.0 Å². The van der Waals surface area contributed by atoms with Crippen LogP contribution in [0.1, 0.15) is 13.3 Å². The fraction of sp³-hybridized carbons (Fsp3) is 0.400. The van der Waals surface area contributed by atoms with Crippen molar-refractivity contribution in [2.45, 2.75) is 19.4 Å². The first-order valence-electron chi connectivity index (χ1n) is 4.46. The van der Waals surface area contributed by atoms with Crippen LogP contribution in [-0.2, 0) is 0 Å². The Balaban J connectivity index is 2.31. The number of benzene rings is 1. The highest BCUT2D eigenvalue weighted by molar-refractivity contribution is 5.69. The minimum atomic E-state index is 0.571. The minimum absolute atomic E-state index is 0.571. The Bertz CT molecular complexity index is 270. The van der Waals surface area contributed by atoms with E-state index in [2.05, 4.69) is 41.8 Å². The van der Waals surface area contributed by atoms with Crippen molar-refractivity contribution in [3.63, 3.8) is 0 Å². The molecule has 0 saturated heterocycles. The predicted molar refractivity (Wildman–Crippen MR) is 52.6 cm³/mol. The van der Waals surface area contributed by atoms with E-state index in [-0.39, 0.29) is 0 Å². The molecule has 1 aromatic rings. The summed E-state index contributed by atoms with van der Waals surface area (Å²) in [6.07, 6.45) is 1.18. The van der Waals surface area contributed by atoms with Crippen LogP contribution in [0, 0.1) is 0 Å². The third-order valence-corrected chi connectivity index (χ3v) is 2.22. The van der Waals surface area contributed by atoms with Gasteiger partial charge in [-0.05, 0) is 25.5 Å². The highest BCUT2D eigenvalue weighted by Gasteiger charge is 2.09. The summed E-state index contributed by atoms with van der Waals surface area (Å²) in [6, 6.07) is 8.92. The van der Waals surface area contributed by atoms with Crippen LogP contribution in [0.25, 0.3) is 0 Å². The zero-order valence-electron chi connectivity index (χ0n) is 7.30. The Morgan fingerprint density at radius 3 is 2.83 bits per heavy atom. The number of rotatable bonds is 0. The lowest BCUT2D eigenvalue weighted by molar-refractivity contribution is 0.745. The zero-order chi connectivity index (χ0) is 8.39. The van der Waals surface area contributed by atoms with Crippen molar-refractivity contribution < 1.29 is 0 Å². The average Bonchev–Trinajstić information content (AvgIpc) is 2.25. The SMILES string of the molecule is CC1CCNc2ccccc2N1. The van der Waals surface area contributed by atoms with Crippen LogP contribution in [0.3, 0.4) is 0 Å². The Kier molecular flexibility index (Phi) is 1.90. The lowest BCUT2D eigenvalue weighted by Gasteiger charge is -2.11. The van der Waals surface area contributed by atoms with Crippen LogP contribution in [0.2, 0.25) is 0 Å². The van der Waals surface area contributed by atoms with Crippen LogP contribution in [0.15, 0.2) is 24.3 Å². The third kappa shape index (κ3) is 1.37. The molecule has 1 unspecified atom stereocenters. The number of hydrogen-bond donors (Lipinski definition) is 2. The van der Waals surface area contributed by atoms with E-state index in [1.165, 1.54) is 17.8 Å². The van der Waals surface area contributed by atoms with Crippen molar-refractivity contribution in [2.75, 3.05) is 17.2 Å². The van der Waals surface area contributed by atoms with Gasteiger partial charge in [-0.1, -0.05) is 12.1 Å². The second-order valence-corrected chi connectivity index (χ2v) is 3.31. The molecular weight excluding hydrogens is 148 g/mol. The topological polar surface area (TPSA) is 24.1 Å². The molecule has 1 aliphatic rings. The molecule has 2 rings (SSSR count). The van der Waals surface area contributed by atoms with Gasteiger partial charge in [0, 0.05) is 12.6 Å². The summed E-state index contributed by atoms with van der Waals surface area (Å²) in [4.78, 5) is 0. The number of para-hydroxylation sites is 2. The van der Waals surface area contributed by atoms with E-state index >= 15 is 0 Å². The minimum Gasteiger partial charge on any atom is -0.383 e. The molecule has 0 saturated carbocycles. The largest absolute Gasteiger partial charge is 0.383 e. The molecule has 1 aliphatic heterocycles. The molecule has 0 spiro atoms. The average molecular weight is 162 g/mol. The molecule has 2 nitrogen and oxygen atoms in total. The van der Waals surface area contributed by atoms with Crippen molar-refractivity contribution in [1.82, 2.24) is 0 Å².